The largest absolute Gasteiger partial charge is 3.00 e. The van der Waals surface area contributed by atoms with Crippen LogP contribution >= 0.6 is 0 Å². The molecule has 0 fully saturated rings. The van der Waals surface area contributed by atoms with Crippen LogP contribution in [0.5, 0.6) is 0 Å². The van der Waals surface area contributed by atoms with Crippen LogP contribution in [-0.4, -0.2) is 58.6 Å². The molecule has 0 aromatic heterocycles. The summed E-state index contributed by atoms with van der Waals surface area (Å²) in [6, 6.07) is 0. The number of hydrogen-bond donors (Lipinski definition) is 4. The van der Waals surface area contributed by atoms with E-state index in [9.17, 15) is 0 Å². The zero-order chi connectivity index (χ0) is 4.50. The number of nitrogens with zero attached hydrogens (tertiary/aromatic N) is 2. The number of rotatable bonds is 0. The molecule has 0 rings (SSSR count). The van der Waals surface area contributed by atoms with E-state index in [4.69, 9.17) is 19.2 Å². The second kappa shape index (κ2) is 16.2. The molecule has 0 heterocycles. The van der Waals surface area contributed by atoms with Gasteiger partial charge in [-0.3, -0.25) is 0 Å². The second-order valence-electron chi connectivity index (χ2n) is 0.600. The summed E-state index contributed by atoms with van der Waals surface area (Å²) in [5, 5.41) is 0. The minimum Gasteiger partial charge on any atom is -3.00 e. The summed E-state index contributed by atoms with van der Waals surface area (Å²) in [5.74, 6) is 0. The Morgan fingerprint density at radius 1 is 0.600 bits per heavy atom. The van der Waals surface area contributed by atoms with Crippen molar-refractivity contribution in [1.82, 2.24) is 0 Å². The predicted molar refractivity (Wildman–Crippen MR) is 38.6 cm³/mol. The maximum absolute atomic E-state index is 7.33. The molecule has 10 heavy (non-hydrogen) atoms. The molecule has 0 atom stereocenters. The SMILES string of the molecule is O[Si](O)(O)O.[Be+2].[Be+2].[Be+2].[N-3].[N-3]. The summed E-state index contributed by atoms with van der Waals surface area (Å²) in [6.07, 6.45) is 0. The fourth-order valence-corrected chi connectivity index (χ4v) is 0. The fourth-order valence-electron chi connectivity index (χ4n) is 0. The third kappa shape index (κ3) is 2030. The molecule has 0 aliphatic carbocycles. The van der Waals surface area contributed by atoms with E-state index in [0.29, 0.717) is 0 Å². The van der Waals surface area contributed by atoms with Crippen molar-refractivity contribution in [2.45, 2.75) is 0 Å². The van der Waals surface area contributed by atoms with Gasteiger partial charge in [0.1, 0.15) is 0 Å². The van der Waals surface area contributed by atoms with Gasteiger partial charge in [0.2, 0.25) is 0 Å². The van der Waals surface area contributed by atoms with E-state index in [0.717, 1.165) is 0 Å². The topological polar surface area (TPSA) is 142 Å². The molecule has 0 aliphatic rings. The summed E-state index contributed by atoms with van der Waals surface area (Å²) >= 11 is 0. The molecule has 0 amide bonds. The molecule has 0 radical (unpaired) electrons. The van der Waals surface area contributed by atoms with Crippen LogP contribution in [0.1, 0.15) is 0 Å². The summed E-state index contributed by atoms with van der Waals surface area (Å²) < 4.78 is 0. The van der Waals surface area contributed by atoms with Crippen LogP contribution in [0.25, 0.3) is 12.3 Å². The van der Waals surface area contributed by atoms with Crippen LogP contribution in [-0.2, 0) is 0 Å². The molecule has 0 unspecified atom stereocenters. The zero-order valence-electron chi connectivity index (χ0n) is 5.30. The minimum absolute atomic E-state index is 0. The van der Waals surface area contributed by atoms with Crippen molar-refractivity contribution in [3.8, 4) is 0 Å². The van der Waals surface area contributed by atoms with Crippen LogP contribution in [0.3, 0.4) is 0 Å². The first-order chi connectivity index (χ1) is 2.00. The normalized spacial score (nSPS) is 6.00. The molecule has 0 saturated carbocycles. The Balaban J connectivity index is -0.00000000800. The average molecular weight is 151 g/mol. The molecular weight excluding hydrogens is 147 g/mol. The standard InChI is InChI=1S/3Be.2N.H4O4Si/c;;;;;1-5(2,3)4/h;;;;;1-4H/q3*+2;2*-3;. The molecule has 48 valence electrons. The Hall–Kier alpha value is 0.483. The molecule has 0 aromatic carbocycles. The summed E-state index contributed by atoms with van der Waals surface area (Å²) in [6.45, 7) is 0. The Morgan fingerprint density at radius 3 is 0.600 bits per heavy atom. The first kappa shape index (κ1) is 46.9. The molecule has 10 heteroatoms. The van der Waals surface area contributed by atoms with E-state index < -0.39 is 9.05 Å². The quantitative estimate of drug-likeness (QED) is 0.271. The molecule has 0 bridgehead atoms. The van der Waals surface area contributed by atoms with Crippen LogP contribution in [0, 0.1) is 0 Å². The Labute approximate surface area is 71.6 Å². The van der Waals surface area contributed by atoms with Crippen LogP contribution in [0.2, 0.25) is 0 Å². The van der Waals surface area contributed by atoms with Crippen molar-refractivity contribution < 1.29 is 19.2 Å². The first-order valence-corrected chi connectivity index (χ1v) is 2.68. The van der Waals surface area contributed by atoms with E-state index in [-0.39, 0.29) is 42.7 Å². The van der Waals surface area contributed by atoms with Gasteiger partial charge in [0.25, 0.3) is 0 Å². The van der Waals surface area contributed by atoms with Crippen molar-refractivity contribution in [3.63, 3.8) is 0 Å². The molecule has 0 saturated heterocycles. The molecule has 0 spiro atoms. The van der Waals surface area contributed by atoms with E-state index in [2.05, 4.69) is 0 Å². The Kier molecular flexibility index (Phi) is 76.2. The summed E-state index contributed by atoms with van der Waals surface area (Å²) in [5.41, 5.74) is 0. The van der Waals surface area contributed by atoms with Gasteiger partial charge in [0.15, 0.2) is 0 Å². The Bertz CT molecular complexity index is 34.0. The molecule has 0 aromatic rings. The average Bonchev–Trinajstić information content (AvgIpc) is 0.722. The van der Waals surface area contributed by atoms with Crippen molar-refractivity contribution in [3.05, 3.63) is 12.3 Å². The van der Waals surface area contributed by atoms with E-state index in [1.165, 1.54) is 0 Å². The second-order valence-corrected chi connectivity index (χ2v) is 1.80. The third-order valence-electron chi connectivity index (χ3n) is 0. The maximum Gasteiger partial charge on any atom is 2.00 e. The van der Waals surface area contributed by atoms with Gasteiger partial charge in [-0.05, 0) is 0 Å². The first-order valence-electron chi connectivity index (χ1n) is 0.894. The summed E-state index contributed by atoms with van der Waals surface area (Å²) in [7, 11) is -4.61. The van der Waals surface area contributed by atoms with Crippen molar-refractivity contribution in [2.24, 2.45) is 0 Å². The summed E-state index contributed by atoms with van der Waals surface area (Å²) in [4.78, 5) is 29.3. The Morgan fingerprint density at radius 2 is 0.600 bits per heavy atom. The van der Waals surface area contributed by atoms with Gasteiger partial charge in [-0.15, -0.1) is 0 Å². The molecular formula is H4Be3N2O4Si. The van der Waals surface area contributed by atoms with Gasteiger partial charge >= 0.3 is 39.4 Å². The van der Waals surface area contributed by atoms with E-state index >= 15 is 0 Å². The van der Waals surface area contributed by atoms with Gasteiger partial charge in [0.05, 0.1) is 0 Å². The smallest absolute Gasteiger partial charge is 2.00 e. The van der Waals surface area contributed by atoms with Gasteiger partial charge < -0.3 is 31.5 Å². The van der Waals surface area contributed by atoms with Gasteiger partial charge in [-0.2, -0.15) is 0 Å². The van der Waals surface area contributed by atoms with Crippen molar-refractivity contribution >= 4 is 39.4 Å². The zero-order valence-corrected chi connectivity index (χ0v) is 6.30. The van der Waals surface area contributed by atoms with Crippen LogP contribution < -0.4 is 0 Å². The number of hydrogen-bond acceptors (Lipinski definition) is 4. The molecule has 0 aliphatic heterocycles. The van der Waals surface area contributed by atoms with Crippen LogP contribution in [0.4, 0.5) is 0 Å². The minimum atomic E-state index is -4.61. The van der Waals surface area contributed by atoms with Crippen molar-refractivity contribution in [1.29, 1.82) is 0 Å². The monoisotopic (exact) mass is 151 g/mol. The van der Waals surface area contributed by atoms with E-state index in [1.807, 2.05) is 0 Å². The van der Waals surface area contributed by atoms with Gasteiger partial charge in [-0.1, -0.05) is 0 Å². The molecule has 4 N–H and O–H groups in total. The van der Waals surface area contributed by atoms with E-state index in [1.54, 1.807) is 0 Å². The van der Waals surface area contributed by atoms with Crippen LogP contribution in [0.15, 0.2) is 0 Å². The predicted octanol–water partition coefficient (Wildman–Crippen LogP) is -3.17. The molecule has 6 nitrogen and oxygen atoms in total. The maximum atomic E-state index is 7.33. The van der Waals surface area contributed by atoms with Crippen molar-refractivity contribution in [2.75, 3.05) is 0 Å². The fraction of sp³-hybridized carbons (Fsp3) is 0. The van der Waals surface area contributed by atoms with Gasteiger partial charge in [0, 0.05) is 0 Å². The van der Waals surface area contributed by atoms with Gasteiger partial charge in [-0.25, -0.2) is 0 Å². The third-order valence-corrected chi connectivity index (χ3v) is 0.